The first kappa shape index (κ1) is 22.3. The van der Waals surface area contributed by atoms with Gasteiger partial charge in [0.1, 0.15) is 11.3 Å². The molecule has 1 aliphatic heterocycles. The van der Waals surface area contributed by atoms with Crippen LogP contribution >= 0.6 is 0 Å². The summed E-state index contributed by atoms with van der Waals surface area (Å²) in [6, 6.07) is 3.03. The number of aromatic amines is 1. The van der Waals surface area contributed by atoms with Crippen molar-refractivity contribution in [3.8, 4) is 17.0 Å². The lowest BCUT2D eigenvalue weighted by Crippen LogP contribution is -2.33. The van der Waals surface area contributed by atoms with Gasteiger partial charge < -0.3 is 19.7 Å². The van der Waals surface area contributed by atoms with Crippen LogP contribution in [0.25, 0.3) is 11.3 Å². The van der Waals surface area contributed by atoms with Gasteiger partial charge in [-0.3, -0.25) is 4.79 Å². The number of fused-ring (bicyclic) bond motifs is 5. The zero-order valence-corrected chi connectivity index (χ0v) is 18.7. The molecule has 1 aromatic heterocycles. The number of benzene rings is 1. The fraction of sp³-hybridized carbons (Fsp3) is 0.500. The average molecular weight is 446 g/mol. The van der Waals surface area contributed by atoms with Gasteiger partial charge in [0.2, 0.25) is 0 Å². The minimum absolute atomic E-state index is 0.0529. The third-order valence-corrected chi connectivity index (χ3v) is 6.65. The topological polar surface area (TPSA) is 82.6 Å². The number of ether oxygens (including phenoxy) is 1. The number of anilines is 1. The summed E-state index contributed by atoms with van der Waals surface area (Å²) in [5.74, 6) is -1.25. The summed E-state index contributed by atoms with van der Waals surface area (Å²) in [5.41, 5.74) is 3.32. The van der Waals surface area contributed by atoms with Crippen LogP contribution in [0.4, 0.5) is 14.5 Å². The van der Waals surface area contributed by atoms with Gasteiger partial charge >= 0.3 is 12.6 Å². The summed E-state index contributed by atoms with van der Waals surface area (Å²) < 4.78 is 31.6. The molecule has 1 aliphatic carbocycles. The van der Waals surface area contributed by atoms with E-state index >= 15 is 0 Å². The van der Waals surface area contributed by atoms with Crippen LogP contribution in [0.5, 0.6) is 5.75 Å². The van der Waals surface area contributed by atoms with Crippen LogP contribution in [-0.4, -0.2) is 35.8 Å². The molecule has 0 unspecified atom stereocenters. The third-order valence-electron chi connectivity index (χ3n) is 6.65. The van der Waals surface area contributed by atoms with Crippen LogP contribution in [0.15, 0.2) is 16.9 Å². The number of hydrogen-bond acceptors (Lipinski definition) is 4. The summed E-state index contributed by atoms with van der Waals surface area (Å²) >= 11 is 0. The van der Waals surface area contributed by atoms with Crippen molar-refractivity contribution in [1.29, 1.82) is 0 Å². The Morgan fingerprint density at radius 3 is 2.62 bits per heavy atom. The normalized spacial score (nSPS) is 17.6. The van der Waals surface area contributed by atoms with E-state index in [4.69, 9.17) is 4.74 Å². The molecule has 0 saturated heterocycles. The average Bonchev–Trinajstić information content (AvgIpc) is 2.71. The summed E-state index contributed by atoms with van der Waals surface area (Å²) in [7, 11) is 0. The maximum absolute atomic E-state index is 13.3. The van der Waals surface area contributed by atoms with Crippen LogP contribution in [0.3, 0.4) is 0 Å². The number of alkyl halides is 2. The molecule has 1 aromatic carbocycles. The second-order valence-electron chi connectivity index (χ2n) is 9.56. The Morgan fingerprint density at radius 1 is 1.31 bits per heavy atom. The van der Waals surface area contributed by atoms with Gasteiger partial charge in [0.05, 0.1) is 11.4 Å². The molecule has 32 heavy (non-hydrogen) atoms. The maximum atomic E-state index is 13.3. The Bertz CT molecular complexity index is 1130. The first-order valence-corrected chi connectivity index (χ1v) is 10.9. The molecule has 2 aliphatic rings. The maximum Gasteiger partial charge on any atom is 0.387 e. The first-order chi connectivity index (χ1) is 15.0. The standard InChI is InChI=1S/C24H28F2N2O4/c1-5-28-8-6-7-12-13-10-17(24(2,3)4)15-9-16(22(30)31)21(29)27-19(15)14(13)11-18(20(12)28)32-23(25)26/h9,11,17,23H,5-8,10H2,1-4H3,(H,27,29)(H,30,31)/t17-/m0/s1. The number of H-pyrrole nitrogens is 1. The van der Waals surface area contributed by atoms with Gasteiger partial charge in [-0.25, -0.2) is 4.79 Å². The van der Waals surface area contributed by atoms with Crippen molar-refractivity contribution in [2.24, 2.45) is 5.41 Å². The van der Waals surface area contributed by atoms with E-state index in [1.807, 2.05) is 6.92 Å². The molecule has 6 nitrogen and oxygen atoms in total. The smallest absolute Gasteiger partial charge is 0.387 e. The molecule has 2 N–H and O–H groups in total. The molecule has 2 heterocycles. The molecule has 4 rings (SSSR count). The van der Waals surface area contributed by atoms with E-state index in [0.717, 1.165) is 30.5 Å². The molecule has 0 saturated carbocycles. The Labute approximate surface area is 185 Å². The summed E-state index contributed by atoms with van der Waals surface area (Å²) in [6.07, 6.45) is 2.26. The second-order valence-corrected chi connectivity index (χ2v) is 9.56. The summed E-state index contributed by atoms with van der Waals surface area (Å²) in [6.45, 7) is 6.68. The molecular formula is C24H28F2N2O4. The molecule has 0 radical (unpaired) electrons. The highest BCUT2D eigenvalue weighted by molar-refractivity contribution is 5.89. The predicted octanol–water partition coefficient (Wildman–Crippen LogP) is 4.80. The Kier molecular flexibility index (Phi) is 5.51. The number of aromatic nitrogens is 1. The third kappa shape index (κ3) is 3.65. The molecule has 0 amide bonds. The van der Waals surface area contributed by atoms with Crippen molar-refractivity contribution < 1.29 is 23.4 Å². The monoisotopic (exact) mass is 446 g/mol. The van der Waals surface area contributed by atoms with E-state index in [1.54, 1.807) is 6.07 Å². The van der Waals surface area contributed by atoms with E-state index in [9.17, 15) is 23.5 Å². The van der Waals surface area contributed by atoms with Gasteiger partial charge in [-0.05, 0) is 66.3 Å². The number of carboxylic acids is 1. The van der Waals surface area contributed by atoms with E-state index in [-0.39, 0.29) is 22.6 Å². The van der Waals surface area contributed by atoms with Crippen molar-refractivity contribution in [1.82, 2.24) is 4.98 Å². The summed E-state index contributed by atoms with van der Waals surface area (Å²) in [5, 5.41) is 9.48. The largest absolute Gasteiger partial charge is 0.477 e. The Balaban J connectivity index is 2.05. The van der Waals surface area contributed by atoms with Crippen molar-refractivity contribution in [2.75, 3.05) is 18.0 Å². The van der Waals surface area contributed by atoms with Crippen molar-refractivity contribution in [2.45, 2.75) is 59.5 Å². The predicted molar refractivity (Wildman–Crippen MR) is 118 cm³/mol. The van der Waals surface area contributed by atoms with Gasteiger partial charge in [0.15, 0.2) is 0 Å². The molecule has 172 valence electrons. The second kappa shape index (κ2) is 7.90. The molecule has 0 fully saturated rings. The number of hydrogen-bond donors (Lipinski definition) is 2. The summed E-state index contributed by atoms with van der Waals surface area (Å²) in [4.78, 5) is 29.0. The number of carboxylic acid groups (broad SMARTS) is 1. The van der Waals surface area contributed by atoms with E-state index in [2.05, 4.69) is 30.7 Å². The van der Waals surface area contributed by atoms with Gasteiger partial charge in [0.25, 0.3) is 5.56 Å². The molecule has 0 spiro atoms. The fourth-order valence-corrected chi connectivity index (χ4v) is 5.16. The zero-order valence-electron chi connectivity index (χ0n) is 18.7. The first-order valence-electron chi connectivity index (χ1n) is 10.9. The van der Waals surface area contributed by atoms with Crippen molar-refractivity contribution in [3.63, 3.8) is 0 Å². The highest BCUT2D eigenvalue weighted by Crippen LogP contribution is 2.52. The van der Waals surface area contributed by atoms with Crippen LogP contribution in [0.1, 0.15) is 67.1 Å². The van der Waals surface area contributed by atoms with Gasteiger partial charge in [0, 0.05) is 18.7 Å². The Hall–Kier alpha value is -2.90. The molecule has 1 atom stereocenters. The van der Waals surface area contributed by atoms with Crippen LogP contribution in [0, 0.1) is 5.41 Å². The van der Waals surface area contributed by atoms with E-state index < -0.39 is 18.1 Å². The molecule has 0 bridgehead atoms. The number of aromatic carboxylic acids is 1. The number of halogens is 2. The lowest BCUT2D eigenvalue weighted by atomic mass is 9.67. The van der Waals surface area contributed by atoms with E-state index in [1.165, 1.54) is 6.07 Å². The number of rotatable bonds is 4. The lowest BCUT2D eigenvalue weighted by molar-refractivity contribution is -0.0495. The highest BCUT2D eigenvalue weighted by Gasteiger charge is 2.38. The van der Waals surface area contributed by atoms with Gasteiger partial charge in [-0.1, -0.05) is 20.8 Å². The quantitative estimate of drug-likeness (QED) is 0.705. The van der Waals surface area contributed by atoms with Crippen molar-refractivity contribution >= 4 is 11.7 Å². The molecule has 2 aromatic rings. The van der Waals surface area contributed by atoms with Gasteiger partial charge in [-0.15, -0.1) is 0 Å². The molecular weight excluding hydrogens is 418 g/mol. The SMILES string of the molecule is CCN1CCCc2c3c(cc(OC(F)F)c21)-c1[nH]c(=O)c(C(=O)O)cc1[C@@H](C(C)(C)C)C3. The number of nitrogens with zero attached hydrogens (tertiary/aromatic N) is 1. The van der Waals surface area contributed by atoms with E-state index in [0.29, 0.717) is 35.5 Å². The number of nitrogens with one attached hydrogen (secondary N) is 1. The highest BCUT2D eigenvalue weighted by atomic mass is 19.3. The molecule has 8 heteroatoms. The van der Waals surface area contributed by atoms with Crippen LogP contribution < -0.4 is 15.2 Å². The van der Waals surface area contributed by atoms with Crippen LogP contribution in [0.2, 0.25) is 0 Å². The number of carbonyl (C=O) groups is 1. The zero-order chi connectivity index (χ0) is 23.4. The minimum atomic E-state index is -2.98. The number of pyridine rings is 1. The van der Waals surface area contributed by atoms with Gasteiger partial charge in [-0.2, -0.15) is 8.78 Å². The van der Waals surface area contributed by atoms with Crippen LogP contribution in [-0.2, 0) is 12.8 Å². The minimum Gasteiger partial charge on any atom is -0.477 e. The lowest BCUT2D eigenvalue weighted by Gasteiger charge is -2.40. The van der Waals surface area contributed by atoms with Crippen molar-refractivity contribution in [3.05, 3.63) is 44.7 Å². The Morgan fingerprint density at radius 2 is 2.03 bits per heavy atom. The fourth-order valence-electron chi connectivity index (χ4n) is 5.16.